The normalized spacial score (nSPS) is 15.3. The Hall–Kier alpha value is -1.84. The first-order chi connectivity index (χ1) is 8.66. The smallest absolute Gasteiger partial charge is 0.257 e. The molecule has 96 valence electrons. The Bertz CT molecular complexity index is 434. The standard InChI is InChI=1S/C14H18N2O2/c1-11(17)15-14(18)12-5-7-13(8-6-12)16-9-3-2-4-10-16/h5-8H,2-4,9-10H2,1H3,(H,15,17,18). The number of amides is 2. The van der Waals surface area contributed by atoms with Crippen molar-refractivity contribution in [3.63, 3.8) is 0 Å². The van der Waals surface area contributed by atoms with Crippen molar-refractivity contribution >= 4 is 17.5 Å². The lowest BCUT2D eigenvalue weighted by atomic mass is 10.1. The lowest BCUT2D eigenvalue weighted by Crippen LogP contribution is -2.30. The molecule has 0 spiro atoms. The zero-order valence-electron chi connectivity index (χ0n) is 10.6. The first kappa shape index (κ1) is 12.6. The second kappa shape index (κ2) is 5.67. The number of nitrogens with zero attached hydrogens (tertiary/aromatic N) is 1. The van der Waals surface area contributed by atoms with Crippen molar-refractivity contribution in [2.75, 3.05) is 18.0 Å². The molecule has 4 nitrogen and oxygen atoms in total. The predicted octanol–water partition coefficient (Wildman–Crippen LogP) is 1.95. The van der Waals surface area contributed by atoms with Gasteiger partial charge in [0.25, 0.3) is 5.91 Å². The van der Waals surface area contributed by atoms with Gasteiger partial charge in [-0.1, -0.05) is 0 Å². The molecule has 0 unspecified atom stereocenters. The number of rotatable bonds is 2. The summed E-state index contributed by atoms with van der Waals surface area (Å²) in [5, 5.41) is 2.27. The molecule has 0 radical (unpaired) electrons. The zero-order chi connectivity index (χ0) is 13.0. The number of anilines is 1. The fraction of sp³-hybridized carbons (Fsp3) is 0.429. The maximum atomic E-state index is 11.6. The number of hydrogen-bond acceptors (Lipinski definition) is 3. The van der Waals surface area contributed by atoms with Crippen LogP contribution in [0.1, 0.15) is 36.5 Å². The van der Waals surface area contributed by atoms with E-state index in [9.17, 15) is 9.59 Å². The van der Waals surface area contributed by atoms with Crippen LogP contribution in [0.25, 0.3) is 0 Å². The minimum absolute atomic E-state index is 0.333. The lowest BCUT2D eigenvalue weighted by Gasteiger charge is -2.28. The summed E-state index contributed by atoms with van der Waals surface area (Å²) < 4.78 is 0. The average Bonchev–Trinajstić information content (AvgIpc) is 2.39. The molecule has 0 aliphatic carbocycles. The zero-order valence-corrected chi connectivity index (χ0v) is 10.6. The minimum Gasteiger partial charge on any atom is -0.372 e. The number of piperidine rings is 1. The Morgan fingerprint density at radius 1 is 1.06 bits per heavy atom. The summed E-state index contributed by atoms with van der Waals surface area (Å²) in [7, 11) is 0. The summed E-state index contributed by atoms with van der Waals surface area (Å²) in [6, 6.07) is 7.42. The summed E-state index contributed by atoms with van der Waals surface area (Å²) in [6.45, 7) is 3.50. The van der Waals surface area contributed by atoms with E-state index >= 15 is 0 Å². The molecule has 1 aromatic carbocycles. The van der Waals surface area contributed by atoms with E-state index in [2.05, 4.69) is 10.2 Å². The van der Waals surface area contributed by atoms with Crippen molar-refractivity contribution in [2.24, 2.45) is 0 Å². The topological polar surface area (TPSA) is 49.4 Å². The van der Waals surface area contributed by atoms with E-state index in [0.29, 0.717) is 5.56 Å². The van der Waals surface area contributed by atoms with Gasteiger partial charge in [0, 0.05) is 31.3 Å². The molecule has 2 amide bonds. The molecule has 4 heteroatoms. The van der Waals surface area contributed by atoms with Crippen molar-refractivity contribution in [2.45, 2.75) is 26.2 Å². The summed E-state index contributed by atoms with van der Waals surface area (Å²) in [5.74, 6) is -0.673. The van der Waals surface area contributed by atoms with Gasteiger partial charge in [-0.15, -0.1) is 0 Å². The molecule has 1 aliphatic heterocycles. The monoisotopic (exact) mass is 246 g/mol. The number of nitrogens with one attached hydrogen (secondary N) is 1. The largest absolute Gasteiger partial charge is 0.372 e. The second-order valence-electron chi connectivity index (χ2n) is 4.60. The Morgan fingerprint density at radius 3 is 2.22 bits per heavy atom. The maximum Gasteiger partial charge on any atom is 0.257 e. The van der Waals surface area contributed by atoms with E-state index in [1.165, 1.54) is 26.2 Å². The third-order valence-electron chi connectivity index (χ3n) is 3.14. The highest BCUT2D eigenvalue weighted by molar-refractivity contribution is 6.04. The van der Waals surface area contributed by atoms with Crippen LogP contribution < -0.4 is 10.2 Å². The van der Waals surface area contributed by atoms with E-state index in [-0.39, 0.29) is 11.8 Å². The van der Waals surface area contributed by atoms with Gasteiger partial charge in [0.1, 0.15) is 0 Å². The van der Waals surface area contributed by atoms with Crippen LogP contribution in [-0.4, -0.2) is 24.9 Å². The van der Waals surface area contributed by atoms with Gasteiger partial charge in [0.05, 0.1) is 0 Å². The number of benzene rings is 1. The number of carbonyl (C=O) groups excluding carboxylic acids is 2. The predicted molar refractivity (Wildman–Crippen MR) is 70.7 cm³/mol. The van der Waals surface area contributed by atoms with Gasteiger partial charge in [0.2, 0.25) is 5.91 Å². The van der Waals surface area contributed by atoms with Crippen LogP contribution in [0, 0.1) is 0 Å². The summed E-state index contributed by atoms with van der Waals surface area (Å²) >= 11 is 0. The highest BCUT2D eigenvalue weighted by Gasteiger charge is 2.12. The first-order valence-electron chi connectivity index (χ1n) is 6.34. The highest BCUT2D eigenvalue weighted by Crippen LogP contribution is 2.20. The highest BCUT2D eigenvalue weighted by atomic mass is 16.2. The summed E-state index contributed by atoms with van der Waals surface area (Å²) in [6.07, 6.45) is 3.76. The van der Waals surface area contributed by atoms with Crippen LogP contribution in [0.3, 0.4) is 0 Å². The quantitative estimate of drug-likeness (QED) is 0.867. The van der Waals surface area contributed by atoms with Crippen molar-refractivity contribution < 1.29 is 9.59 Å². The van der Waals surface area contributed by atoms with Crippen molar-refractivity contribution in [3.05, 3.63) is 29.8 Å². The van der Waals surface area contributed by atoms with E-state index in [0.717, 1.165) is 18.8 Å². The maximum absolute atomic E-state index is 11.6. The molecule has 2 rings (SSSR count). The van der Waals surface area contributed by atoms with Crippen LogP contribution in [-0.2, 0) is 4.79 Å². The van der Waals surface area contributed by atoms with E-state index in [1.54, 1.807) is 12.1 Å². The Labute approximate surface area is 107 Å². The second-order valence-corrected chi connectivity index (χ2v) is 4.60. The van der Waals surface area contributed by atoms with Gasteiger partial charge >= 0.3 is 0 Å². The van der Waals surface area contributed by atoms with Gasteiger partial charge in [-0.2, -0.15) is 0 Å². The van der Waals surface area contributed by atoms with Crippen LogP contribution >= 0.6 is 0 Å². The van der Waals surface area contributed by atoms with Crippen molar-refractivity contribution in [1.29, 1.82) is 0 Å². The van der Waals surface area contributed by atoms with Crippen LogP contribution in [0.5, 0.6) is 0 Å². The number of carbonyl (C=O) groups is 2. The molecule has 1 aromatic rings. The van der Waals surface area contributed by atoms with E-state index in [1.807, 2.05) is 12.1 Å². The SMILES string of the molecule is CC(=O)NC(=O)c1ccc(N2CCCCC2)cc1. The lowest BCUT2D eigenvalue weighted by molar-refractivity contribution is -0.118. The third kappa shape index (κ3) is 3.09. The Morgan fingerprint density at radius 2 is 1.67 bits per heavy atom. The van der Waals surface area contributed by atoms with Crippen LogP contribution in [0.4, 0.5) is 5.69 Å². The van der Waals surface area contributed by atoms with Crippen molar-refractivity contribution in [1.82, 2.24) is 5.32 Å². The van der Waals surface area contributed by atoms with Gasteiger partial charge < -0.3 is 4.90 Å². The fourth-order valence-electron chi connectivity index (χ4n) is 2.21. The van der Waals surface area contributed by atoms with Gasteiger partial charge in [0.15, 0.2) is 0 Å². The Kier molecular flexibility index (Phi) is 3.97. The molecule has 18 heavy (non-hydrogen) atoms. The molecule has 1 saturated heterocycles. The summed E-state index contributed by atoms with van der Waals surface area (Å²) in [5.41, 5.74) is 1.67. The van der Waals surface area contributed by atoms with Gasteiger partial charge in [-0.05, 0) is 43.5 Å². The molecule has 1 heterocycles. The molecule has 0 atom stereocenters. The van der Waals surface area contributed by atoms with Gasteiger partial charge in [-0.3, -0.25) is 14.9 Å². The molecule has 1 aliphatic rings. The molecule has 1 N–H and O–H groups in total. The molecule has 0 bridgehead atoms. The summed E-state index contributed by atoms with van der Waals surface area (Å²) in [4.78, 5) is 24.7. The molecule has 0 saturated carbocycles. The number of hydrogen-bond donors (Lipinski definition) is 1. The molecular weight excluding hydrogens is 228 g/mol. The Balaban J connectivity index is 2.04. The number of imide groups is 1. The van der Waals surface area contributed by atoms with Crippen LogP contribution in [0.15, 0.2) is 24.3 Å². The van der Waals surface area contributed by atoms with Crippen molar-refractivity contribution in [3.8, 4) is 0 Å². The minimum atomic E-state index is -0.340. The van der Waals surface area contributed by atoms with Crippen LogP contribution in [0.2, 0.25) is 0 Å². The third-order valence-corrected chi connectivity index (χ3v) is 3.14. The molecule has 0 aromatic heterocycles. The van der Waals surface area contributed by atoms with E-state index in [4.69, 9.17) is 0 Å². The average molecular weight is 246 g/mol. The first-order valence-corrected chi connectivity index (χ1v) is 6.34. The molecule has 1 fully saturated rings. The fourth-order valence-corrected chi connectivity index (χ4v) is 2.21. The van der Waals surface area contributed by atoms with E-state index < -0.39 is 0 Å². The van der Waals surface area contributed by atoms with Gasteiger partial charge in [-0.25, -0.2) is 0 Å². The molecular formula is C14H18N2O2.